The summed E-state index contributed by atoms with van der Waals surface area (Å²) in [7, 11) is 0. The van der Waals surface area contributed by atoms with E-state index in [2.05, 4.69) is 20.0 Å². The topological polar surface area (TPSA) is 107 Å². The fourth-order valence-corrected chi connectivity index (χ4v) is 3.63. The number of thioether (sulfide) groups is 1. The van der Waals surface area contributed by atoms with Gasteiger partial charge in [0.1, 0.15) is 11.4 Å². The minimum atomic E-state index is -4.79. The van der Waals surface area contributed by atoms with Crippen LogP contribution in [-0.2, 0) is 11.0 Å². The first-order chi connectivity index (χ1) is 17.2. The van der Waals surface area contributed by atoms with Gasteiger partial charge in [0.2, 0.25) is 5.91 Å². The van der Waals surface area contributed by atoms with Crippen LogP contribution in [0.15, 0.2) is 59.8 Å². The maximum absolute atomic E-state index is 13.4. The number of hydrogen-bond donors (Lipinski definition) is 1. The molecule has 0 aliphatic carbocycles. The van der Waals surface area contributed by atoms with Gasteiger partial charge in [0.15, 0.2) is 11.8 Å². The lowest BCUT2D eigenvalue weighted by molar-refractivity contribution is -0.384. The predicted molar refractivity (Wildman–Crippen MR) is 121 cm³/mol. The van der Waals surface area contributed by atoms with Crippen molar-refractivity contribution in [3.05, 3.63) is 70.4 Å². The molecule has 0 radical (unpaired) electrons. The van der Waals surface area contributed by atoms with Crippen molar-refractivity contribution < 1.29 is 40.8 Å². The molecular formula is C22H16F6N4O4S. The van der Waals surface area contributed by atoms with Crippen LogP contribution in [0.25, 0.3) is 11.3 Å². The van der Waals surface area contributed by atoms with E-state index >= 15 is 0 Å². The van der Waals surface area contributed by atoms with Crippen LogP contribution in [0.1, 0.15) is 12.6 Å². The molecule has 3 rings (SSSR count). The number of ether oxygens (including phenoxy) is 1. The number of rotatable bonds is 8. The predicted octanol–water partition coefficient (Wildman–Crippen LogP) is 6.13. The zero-order chi connectivity index (χ0) is 27.4. The number of alkyl halides is 6. The highest BCUT2D eigenvalue weighted by molar-refractivity contribution is 8.00. The van der Waals surface area contributed by atoms with Gasteiger partial charge < -0.3 is 10.1 Å². The number of carbonyl (C=O) groups excluding carboxylic acids is 1. The second-order valence-corrected chi connectivity index (χ2v) is 8.72. The molecular weight excluding hydrogens is 530 g/mol. The summed E-state index contributed by atoms with van der Waals surface area (Å²) in [5, 5.41) is 12.0. The highest BCUT2D eigenvalue weighted by Crippen LogP contribution is 2.33. The first-order valence-electron chi connectivity index (χ1n) is 10.2. The molecule has 196 valence electrons. The number of amides is 1. The minimum absolute atomic E-state index is 0.0248. The SMILES string of the molecule is C[C@H](Sc1nc(-c2ccccc2)cc(C(F)(F)F)n1)C(=O)Nc1cc(OCC(F)(F)F)cc([N+](=O)[O-])c1. The molecule has 15 heteroatoms. The highest BCUT2D eigenvalue weighted by atomic mass is 32.2. The third-order valence-electron chi connectivity index (χ3n) is 4.49. The van der Waals surface area contributed by atoms with Crippen molar-refractivity contribution >= 4 is 29.0 Å². The van der Waals surface area contributed by atoms with Gasteiger partial charge in [-0.15, -0.1) is 0 Å². The number of halogens is 6. The number of nitrogens with one attached hydrogen (secondary N) is 1. The van der Waals surface area contributed by atoms with Gasteiger partial charge in [-0.2, -0.15) is 26.3 Å². The largest absolute Gasteiger partial charge is 0.484 e. The van der Waals surface area contributed by atoms with Gasteiger partial charge in [0.25, 0.3) is 5.69 Å². The fourth-order valence-electron chi connectivity index (χ4n) is 2.84. The molecule has 0 fully saturated rings. The number of aromatic nitrogens is 2. The molecule has 0 aliphatic rings. The zero-order valence-corrected chi connectivity index (χ0v) is 19.4. The van der Waals surface area contributed by atoms with Crippen LogP contribution in [0, 0.1) is 10.1 Å². The summed E-state index contributed by atoms with van der Waals surface area (Å²) in [6, 6.07) is 11.4. The molecule has 1 aromatic heterocycles. The van der Waals surface area contributed by atoms with Crippen molar-refractivity contribution in [2.24, 2.45) is 0 Å². The first kappa shape index (κ1) is 27.7. The van der Waals surface area contributed by atoms with E-state index in [-0.39, 0.29) is 16.5 Å². The average molecular weight is 546 g/mol. The van der Waals surface area contributed by atoms with Crippen LogP contribution in [-0.4, -0.2) is 38.8 Å². The van der Waals surface area contributed by atoms with Crippen molar-refractivity contribution in [1.29, 1.82) is 0 Å². The van der Waals surface area contributed by atoms with E-state index in [1.165, 1.54) is 6.92 Å². The molecule has 8 nitrogen and oxygen atoms in total. The molecule has 1 N–H and O–H groups in total. The summed E-state index contributed by atoms with van der Waals surface area (Å²) in [4.78, 5) is 30.5. The zero-order valence-electron chi connectivity index (χ0n) is 18.6. The lowest BCUT2D eigenvalue weighted by Crippen LogP contribution is -2.23. The second kappa shape index (κ2) is 11.0. The summed E-state index contributed by atoms with van der Waals surface area (Å²) in [6.07, 6.45) is -9.49. The van der Waals surface area contributed by atoms with E-state index in [0.717, 1.165) is 24.3 Å². The van der Waals surface area contributed by atoms with Crippen LogP contribution < -0.4 is 10.1 Å². The smallest absolute Gasteiger partial charge is 0.433 e. The van der Waals surface area contributed by atoms with Crippen LogP contribution in [0.2, 0.25) is 0 Å². The highest BCUT2D eigenvalue weighted by Gasteiger charge is 2.34. The maximum atomic E-state index is 13.4. The number of benzene rings is 2. The first-order valence-corrected chi connectivity index (χ1v) is 11.1. The minimum Gasteiger partial charge on any atom is -0.484 e. The number of hydrogen-bond acceptors (Lipinski definition) is 7. The van der Waals surface area contributed by atoms with Gasteiger partial charge in [-0.1, -0.05) is 42.1 Å². The summed E-state index contributed by atoms with van der Waals surface area (Å²) < 4.78 is 82.1. The molecule has 0 bridgehead atoms. The third kappa shape index (κ3) is 8.06. The molecule has 1 atom stereocenters. The Balaban J connectivity index is 1.82. The van der Waals surface area contributed by atoms with Crippen molar-refractivity contribution in [3.8, 4) is 17.0 Å². The molecule has 1 amide bonds. The van der Waals surface area contributed by atoms with Gasteiger partial charge in [0, 0.05) is 17.7 Å². The maximum Gasteiger partial charge on any atom is 0.433 e. The summed E-state index contributed by atoms with van der Waals surface area (Å²) in [6.45, 7) is -0.394. The number of non-ortho nitro benzene ring substituents is 1. The van der Waals surface area contributed by atoms with E-state index in [1.54, 1.807) is 30.3 Å². The molecule has 0 saturated carbocycles. The lowest BCUT2D eigenvalue weighted by Gasteiger charge is -2.15. The third-order valence-corrected chi connectivity index (χ3v) is 5.45. The van der Waals surface area contributed by atoms with Gasteiger partial charge in [-0.3, -0.25) is 14.9 Å². The number of nitro benzene ring substituents is 1. The Morgan fingerprint density at radius 1 is 1.08 bits per heavy atom. The van der Waals surface area contributed by atoms with E-state index < -0.39 is 52.2 Å². The number of carbonyl (C=O) groups is 1. The van der Waals surface area contributed by atoms with Crippen molar-refractivity contribution in [1.82, 2.24) is 9.97 Å². The Kier molecular flexibility index (Phi) is 8.25. The van der Waals surface area contributed by atoms with Gasteiger partial charge in [-0.25, -0.2) is 9.97 Å². The summed E-state index contributed by atoms with van der Waals surface area (Å²) >= 11 is 0.590. The monoisotopic (exact) mass is 546 g/mol. The van der Waals surface area contributed by atoms with Gasteiger partial charge in [-0.05, 0) is 13.0 Å². The van der Waals surface area contributed by atoms with Gasteiger partial charge in [0.05, 0.1) is 27.6 Å². The molecule has 3 aromatic rings. The number of nitro groups is 1. The Bertz CT molecular complexity index is 1290. The molecule has 37 heavy (non-hydrogen) atoms. The molecule has 0 aliphatic heterocycles. The van der Waals surface area contributed by atoms with E-state index in [1.807, 2.05) is 0 Å². The van der Waals surface area contributed by atoms with E-state index in [4.69, 9.17) is 0 Å². The molecule has 2 aromatic carbocycles. The lowest BCUT2D eigenvalue weighted by atomic mass is 10.1. The standard InChI is InChI=1S/C22H16F6N4O4S/c1-12(19(33)29-14-7-15(32(34)35)9-16(8-14)36-11-21(23,24)25)37-20-30-17(13-5-3-2-4-6-13)10-18(31-20)22(26,27)28/h2-10,12H,11H2,1H3,(H,29,33)/t12-/m0/s1. The van der Waals surface area contributed by atoms with E-state index in [9.17, 15) is 41.3 Å². The molecule has 0 spiro atoms. The average Bonchev–Trinajstić information content (AvgIpc) is 2.82. The summed E-state index contributed by atoms with van der Waals surface area (Å²) in [5.41, 5.74) is -1.76. The van der Waals surface area contributed by atoms with Crippen LogP contribution in [0.3, 0.4) is 0 Å². The van der Waals surface area contributed by atoms with Crippen LogP contribution >= 0.6 is 11.8 Å². The van der Waals surface area contributed by atoms with Crippen molar-refractivity contribution in [3.63, 3.8) is 0 Å². The molecule has 0 unspecified atom stereocenters. The Morgan fingerprint density at radius 2 is 1.76 bits per heavy atom. The Labute approximate surface area is 209 Å². The van der Waals surface area contributed by atoms with E-state index in [0.29, 0.717) is 17.3 Å². The molecule has 0 saturated heterocycles. The molecule has 1 heterocycles. The summed E-state index contributed by atoms with van der Waals surface area (Å²) in [5.74, 6) is -1.34. The second-order valence-electron chi connectivity index (χ2n) is 7.41. The fraction of sp³-hybridized carbons (Fsp3) is 0.227. The Morgan fingerprint density at radius 3 is 2.35 bits per heavy atom. The number of nitrogens with zero attached hydrogens (tertiary/aromatic N) is 3. The van der Waals surface area contributed by atoms with Crippen LogP contribution in [0.5, 0.6) is 5.75 Å². The van der Waals surface area contributed by atoms with Crippen LogP contribution in [0.4, 0.5) is 37.7 Å². The Hall–Kier alpha value is -3.88. The normalized spacial score (nSPS) is 12.6. The van der Waals surface area contributed by atoms with Crippen molar-refractivity contribution in [2.75, 3.05) is 11.9 Å². The number of anilines is 1. The quantitative estimate of drug-likeness (QED) is 0.119. The van der Waals surface area contributed by atoms with Crippen molar-refractivity contribution in [2.45, 2.75) is 29.7 Å². The van der Waals surface area contributed by atoms with Gasteiger partial charge >= 0.3 is 12.4 Å².